The molecule has 0 bridgehead atoms. The molecule has 1 amide bonds. The van der Waals surface area contributed by atoms with Crippen LogP contribution in [0.4, 0.5) is 5.69 Å². The van der Waals surface area contributed by atoms with Crippen LogP contribution < -0.4 is 4.31 Å². The average Bonchev–Trinajstić information content (AvgIpc) is 2.58. The van der Waals surface area contributed by atoms with E-state index in [1.165, 1.54) is 6.07 Å². The van der Waals surface area contributed by atoms with Crippen molar-refractivity contribution < 1.29 is 13.2 Å². The van der Waals surface area contributed by atoms with Crippen LogP contribution in [0.3, 0.4) is 0 Å². The molecule has 0 spiro atoms. The molecular weight excluding hydrogens is 326 g/mol. The Morgan fingerprint density at radius 3 is 2.79 bits per heavy atom. The molecule has 0 aromatic heterocycles. The summed E-state index contributed by atoms with van der Waals surface area (Å²) in [4.78, 5) is 14.5. The lowest BCUT2D eigenvalue weighted by atomic mass is 10.00. The van der Waals surface area contributed by atoms with Crippen LogP contribution in [0.1, 0.15) is 38.2 Å². The smallest absolute Gasteiger partial charge is 0.243 e. The minimum Gasteiger partial charge on any atom is -0.338 e. The van der Waals surface area contributed by atoms with E-state index in [0.29, 0.717) is 17.8 Å². The topological polar surface area (TPSA) is 81.5 Å². The van der Waals surface area contributed by atoms with Gasteiger partial charge >= 0.3 is 0 Å². The van der Waals surface area contributed by atoms with Crippen molar-refractivity contribution in [2.45, 2.75) is 38.6 Å². The van der Waals surface area contributed by atoms with Gasteiger partial charge in [-0.05, 0) is 43.9 Å². The van der Waals surface area contributed by atoms with Crippen LogP contribution in [0.25, 0.3) is 0 Å². The van der Waals surface area contributed by atoms with Crippen LogP contribution in [0.15, 0.2) is 24.3 Å². The van der Waals surface area contributed by atoms with E-state index in [9.17, 15) is 13.2 Å². The van der Waals surface area contributed by atoms with Gasteiger partial charge in [-0.2, -0.15) is 5.26 Å². The minimum absolute atomic E-state index is 0.179. The van der Waals surface area contributed by atoms with E-state index in [0.717, 1.165) is 36.2 Å². The first-order valence-corrected chi connectivity index (χ1v) is 9.99. The summed E-state index contributed by atoms with van der Waals surface area (Å²) in [5.41, 5.74) is 0.702. The molecular formula is C17H23N3O3S. The monoisotopic (exact) mass is 349 g/mol. The van der Waals surface area contributed by atoms with Crippen molar-refractivity contribution in [2.75, 3.05) is 23.7 Å². The Balaban J connectivity index is 2.26. The van der Waals surface area contributed by atoms with Gasteiger partial charge in [-0.3, -0.25) is 9.10 Å². The molecule has 24 heavy (non-hydrogen) atoms. The largest absolute Gasteiger partial charge is 0.338 e. The molecule has 0 radical (unpaired) electrons. The maximum atomic E-state index is 12.7. The lowest BCUT2D eigenvalue weighted by Gasteiger charge is -2.36. The van der Waals surface area contributed by atoms with Crippen molar-refractivity contribution in [2.24, 2.45) is 0 Å². The third-order valence-corrected chi connectivity index (χ3v) is 5.50. The Morgan fingerprint density at radius 1 is 1.42 bits per heavy atom. The van der Waals surface area contributed by atoms with Crippen LogP contribution in [0.5, 0.6) is 0 Å². The van der Waals surface area contributed by atoms with Crippen molar-refractivity contribution in [1.82, 2.24) is 4.90 Å². The molecule has 7 heteroatoms. The second-order valence-electron chi connectivity index (χ2n) is 6.08. The number of rotatable bonds is 5. The molecule has 6 nitrogen and oxygen atoms in total. The van der Waals surface area contributed by atoms with E-state index >= 15 is 0 Å². The van der Waals surface area contributed by atoms with Gasteiger partial charge in [0.25, 0.3) is 0 Å². The molecule has 2 rings (SSSR count). The SMILES string of the molecule is CCC1CCCCN1C(=O)CN(c1cccc(C#N)c1)S(C)(=O)=O. The van der Waals surface area contributed by atoms with Crippen LogP contribution in [0.2, 0.25) is 0 Å². The van der Waals surface area contributed by atoms with E-state index < -0.39 is 10.0 Å². The average molecular weight is 349 g/mol. The van der Waals surface area contributed by atoms with Gasteiger partial charge in [0.2, 0.25) is 15.9 Å². The highest BCUT2D eigenvalue weighted by atomic mass is 32.2. The van der Waals surface area contributed by atoms with E-state index in [-0.39, 0.29) is 18.5 Å². The number of hydrogen-bond acceptors (Lipinski definition) is 4. The fourth-order valence-corrected chi connectivity index (χ4v) is 3.94. The molecule has 1 aromatic rings. The fraction of sp³-hybridized carbons (Fsp3) is 0.529. The highest BCUT2D eigenvalue weighted by molar-refractivity contribution is 7.92. The molecule has 1 aliphatic heterocycles. The van der Waals surface area contributed by atoms with Crippen LogP contribution in [-0.4, -0.2) is 44.6 Å². The highest BCUT2D eigenvalue weighted by Crippen LogP contribution is 2.22. The first kappa shape index (κ1) is 18.3. The van der Waals surface area contributed by atoms with E-state index in [2.05, 4.69) is 0 Å². The van der Waals surface area contributed by atoms with E-state index in [1.807, 2.05) is 13.0 Å². The molecule has 1 fully saturated rings. The fourth-order valence-electron chi connectivity index (χ4n) is 3.10. The molecule has 1 aliphatic rings. The Bertz CT molecular complexity index is 740. The number of amides is 1. The highest BCUT2D eigenvalue weighted by Gasteiger charge is 2.29. The second kappa shape index (κ2) is 7.67. The zero-order chi connectivity index (χ0) is 17.7. The number of nitriles is 1. The molecule has 1 aromatic carbocycles. The predicted octanol–water partition coefficient (Wildman–Crippen LogP) is 2.12. The standard InChI is InChI=1S/C17H23N3O3S/c1-3-15-8-4-5-10-19(15)17(21)13-20(24(2,22)23)16-9-6-7-14(11-16)12-18/h6-7,9,11,15H,3-5,8,10,13H2,1-2H3. The van der Waals surface area contributed by atoms with Crippen LogP contribution in [-0.2, 0) is 14.8 Å². The number of nitrogens with zero attached hydrogens (tertiary/aromatic N) is 3. The summed E-state index contributed by atoms with van der Waals surface area (Å²) in [5.74, 6) is -0.186. The molecule has 0 saturated carbocycles. The number of benzene rings is 1. The van der Waals surface area contributed by atoms with Gasteiger partial charge in [-0.15, -0.1) is 0 Å². The minimum atomic E-state index is -3.62. The predicted molar refractivity (Wildman–Crippen MR) is 93.0 cm³/mol. The van der Waals surface area contributed by atoms with Crippen molar-refractivity contribution >= 4 is 21.6 Å². The Hall–Kier alpha value is -2.07. The third-order valence-electron chi connectivity index (χ3n) is 4.36. The van der Waals surface area contributed by atoms with Gasteiger partial charge in [0, 0.05) is 12.6 Å². The number of likely N-dealkylation sites (tertiary alicyclic amines) is 1. The number of carbonyl (C=O) groups excluding carboxylic acids is 1. The van der Waals surface area contributed by atoms with Crippen molar-refractivity contribution in [1.29, 1.82) is 5.26 Å². The van der Waals surface area contributed by atoms with Crippen molar-refractivity contribution in [3.8, 4) is 6.07 Å². The van der Waals surface area contributed by atoms with Crippen LogP contribution >= 0.6 is 0 Å². The lowest BCUT2D eigenvalue weighted by molar-refractivity contribution is -0.133. The Kier molecular flexibility index (Phi) is 5.84. The summed E-state index contributed by atoms with van der Waals surface area (Å²) >= 11 is 0. The molecule has 0 aliphatic carbocycles. The second-order valence-corrected chi connectivity index (χ2v) is 7.98. The van der Waals surface area contributed by atoms with Crippen molar-refractivity contribution in [3.05, 3.63) is 29.8 Å². The van der Waals surface area contributed by atoms with Gasteiger partial charge < -0.3 is 4.90 Å². The molecule has 1 saturated heterocycles. The Morgan fingerprint density at radius 2 is 2.17 bits per heavy atom. The van der Waals surface area contributed by atoms with Gasteiger partial charge in [0.15, 0.2) is 0 Å². The normalized spacial score (nSPS) is 18.0. The Labute approximate surface area is 143 Å². The number of carbonyl (C=O) groups is 1. The quantitative estimate of drug-likeness (QED) is 0.815. The molecule has 1 heterocycles. The van der Waals surface area contributed by atoms with Crippen molar-refractivity contribution in [3.63, 3.8) is 0 Å². The van der Waals surface area contributed by atoms with Gasteiger partial charge in [0.1, 0.15) is 6.54 Å². The summed E-state index contributed by atoms with van der Waals surface area (Å²) < 4.78 is 25.4. The summed E-state index contributed by atoms with van der Waals surface area (Å²) in [6, 6.07) is 8.47. The summed E-state index contributed by atoms with van der Waals surface area (Å²) in [6.07, 6.45) is 4.96. The molecule has 1 unspecified atom stereocenters. The maximum Gasteiger partial charge on any atom is 0.243 e. The molecule has 130 valence electrons. The molecule has 0 N–H and O–H groups in total. The summed E-state index contributed by atoms with van der Waals surface area (Å²) in [7, 11) is -3.62. The summed E-state index contributed by atoms with van der Waals surface area (Å²) in [6.45, 7) is 2.48. The van der Waals surface area contributed by atoms with E-state index in [4.69, 9.17) is 5.26 Å². The number of sulfonamides is 1. The third kappa shape index (κ3) is 4.26. The first-order chi connectivity index (χ1) is 11.4. The van der Waals surface area contributed by atoms with Gasteiger partial charge in [-0.25, -0.2) is 8.42 Å². The lowest BCUT2D eigenvalue weighted by Crippen LogP contribution is -2.48. The summed E-state index contributed by atoms with van der Waals surface area (Å²) in [5, 5.41) is 9.01. The number of anilines is 1. The first-order valence-electron chi connectivity index (χ1n) is 8.14. The number of piperidine rings is 1. The maximum absolute atomic E-state index is 12.7. The zero-order valence-electron chi connectivity index (χ0n) is 14.1. The van der Waals surface area contributed by atoms with E-state index in [1.54, 1.807) is 23.1 Å². The number of hydrogen-bond donors (Lipinski definition) is 0. The van der Waals surface area contributed by atoms with Gasteiger partial charge in [0.05, 0.1) is 23.6 Å². The molecule has 1 atom stereocenters. The zero-order valence-corrected chi connectivity index (χ0v) is 14.9. The van der Waals surface area contributed by atoms with Gasteiger partial charge in [-0.1, -0.05) is 13.0 Å². The van der Waals surface area contributed by atoms with Crippen LogP contribution in [0, 0.1) is 11.3 Å².